The van der Waals surface area contributed by atoms with E-state index < -0.39 is 0 Å². The molecule has 1 aromatic heterocycles. The summed E-state index contributed by atoms with van der Waals surface area (Å²) in [5, 5.41) is 2.91. The van der Waals surface area contributed by atoms with Gasteiger partial charge in [0.25, 0.3) is 0 Å². The van der Waals surface area contributed by atoms with Gasteiger partial charge in [-0.05, 0) is 36.2 Å². The molecule has 3 aromatic rings. The molecule has 0 unspecified atom stereocenters. The molecule has 0 spiro atoms. The van der Waals surface area contributed by atoms with E-state index in [1.807, 2.05) is 53.1 Å². The predicted octanol–water partition coefficient (Wildman–Crippen LogP) is 3.24. The monoisotopic (exact) mass is 279 g/mol. The van der Waals surface area contributed by atoms with E-state index in [0.29, 0.717) is 0 Å². The molecule has 4 heteroatoms. The Morgan fingerprint density at radius 1 is 1.14 bits per heavy atom. The number of anilines is 1. The van der Waals surface area contributed by atoms with Crippen molar-refractivity contribution in [3.05, 3.63) is 60.4 Å². The molecular weight excluding hydrogens is 262 g/mol. The van der Waals surface area contributed by atoms with Crippen LogP contribution in [-0.4, -0.2) is 15.5 Å². The molecule has 0 saturated carbocycles. The van der Waals surface area contributed by atoms with Gasteiger partial charge in [0.05, 0.1) is 17.4 Å². The summed E-state index contributed by atoms with van der Waals surface area (Å²) in [4.78, 5) is 16.4. The fraction of sp³-hybridized carbons (Fsp3) is 0.176. The number of rotatable bonds is 4. The Labute approximate surface area is 123 Å². The minimum atomic E-state index is -0.0533. The Hall–Kier alpha value is -2.62. The molecule has 0 radical (unpaired) electrons. The second-order valence-electron chi connectivity index (χ2n) is 4.96. The first-order valence-corrected chi connectivity index (χ1v) is 7.05. The van der Waals surface area contributed by atoms with Crippen molar-refractivity contribution in [1.82, 2.24) is 9.55 Å². The zero-order valence-electron chi connectivity index (χ0n) is 11.9. The van der Waals surface area contributed by atoms with Crippen molar-refractivity contribution in [3.8, 4) is 0 Å². The summed E-state index contributed by atoms with van der Waals surface area (Å²) in [6.45, 7) is 2.37. The maximum Gasteiger partial charge on any atom is 0.244 e. The summed E-state index contributed by atoms with van der Waals surface area (Å²) in [7, 11) is 0. The van der Waals surface area contributed by atoms with Gasteiger partial charge in [0.2, 0.25) is 5.91 Å². The molecule has 0 aliphatic carbocycles. The summed E-state index contributed by atoms with van der Waals surface area (Å²) >= 11 is 0. The Bertz CT molecular complexity index is 759. The molecule has 0 aliphatic heterocycles. The number of aromatic nitrogens is 2. The van der Waals surface area contributed by atoms with Gasteiger partial charge in [-0.15, -0.1) is 0 Å². The molecule has 4 nitrogen and oxygen atoms in total. The van der Waals surface area contributed by atoms with E-state index in [1.165, 1.54) is 5.56 Å². The van der Waals surface area contributed by atoms with Crippen molar-refractivity contribution >= 4 is 22.6 Å². The number of nitrogens with one attached hydrogen (secondary N) is 1. The molecule has 1 N–H and O–H groups in total. The van der Waals surface area contributed by atoms with Crippen LogP contribution in [0.4, 0.5) is 5.69 Å². The Morgan fingerprint density at radius 2 is 1.90 bits per heavy atom. The minimum Gasteiger partial charge on any atom is -0.325 e. The van der Waals surface area contributed by atoms with Crippen molar-refractivity contribution in [2.45, 2.75) is 19.9 Å². The summed E-state index contributed by atoms with van der Waals surface area (Å²) in [6, 6.07) is 15.7. The number of nitrogens with zero attached hydrogens (tertiary/aromatic N) is 2. The zero-order valence-corrected chi connectivity index (χ0v) is 11.9. The number of imidazole rings is 1. The average molecular weight is 279 g/mol. The number of carbonyl (C=O) groups excluding carboxylic acids is 1. The number of amides is 1. The highest BCUT2D eigenvalue weighted by Crippen LogP contribution is 2.13. The lowest BCUT2D eigenvalue weighted by molar-refractivity contribution is -0.116. The molecule has 21 heavy (non-hydrogen) atoms. The number of fused-ring (bicyclic) bond motifs is 1. The van der Waals surface area contributed by atoms with Crippen LogP contribution < -0.4 is 5.32 Å². The predicted molar refractivity (Wildman–Crippen MR) is 84.2 cm³/mol. The van der Waals surface area contributed by atoms with Crippen LogP contribution in [0.2, 0.25) is 0 Å². The van der Waals surface area contributed by atoms with E-state index in [4.69, 9.17) is 0 Å². The molecular formula is C17H17N3O. The molecule has 106 valence electrons. The molecule has 0 aliphatic rings. The minimum absolute atomic E-state index is 0.0533. The number of aryl methyl sites for hydroxylation is 1. The van der Waals surface area contributed by atoms with Crippen LogP contribution in [0, 0.1) is 0 Å². The van der Waals surface area contributed by atoms with Crippen molar-refractivity contribution in [1.29, 1.82) is 0 Å². The third-order valence-corrected chi connectivity index (χ3v) is 3.49. The van der Waals surface area contributed by atoms with Crippen molar-refractivity contribution < 1.29 is 4.79 Å². The van der Waals surface area contributed by atoms with Crippen LogP contribution in [0.3, 0.4) is 0 Å². The van der Waals surface area contributed by atoms with Crippen LogP contribution in [0.25, 0.3) is 11.0 Å². The summed E-state index contributed by atoms with van der Waals surface area (Å²) in [5.74, 6) is -0.0533. The van der Waals surface area contributed by atoms with Crippen LogP contribution >= 0.6 is 0 Å². The molecule has 0 bridgehead atoms. The SMILES string of the molecule is CCc1ccc(NC(=O)Cn2cnc3ccccc32)cc1. The van der Waals surface area contributed by atoms with E-state index in [2.05, 4.69) is 17.2 Å². The lowest BCUT2D eigenvalue weighted by Crippen LogP contribution is -2.18. The van der Waals surface area contributed by atoms with Crippen molar-refractivity contribution in [3.63, 3.8) is 0 Å². The average Bonchev–Trinajstić information content (AvgIpc) is 2.91. The Morgan fingerprint density at radius 3 is 2.67 bits per heavy atom. The first-order chi connectivity index (χ1) is 10.3. The van der Waals surface area contributed by atoms with Gasteiger partial charge in [0.1, 0.15) is 6.54 Å². The number of hydrogen-bond acceptors (Lipinski definition) is 2. The molecule has 2 aromatic carbocycles. The third-order valence-electron chi connectivity index (χ3n) is 3.49. The van der Waals surface area contributed by atoms with E-state index in [-0.39, 0.29) is 12.5 Å². The summed E-state index contributed by atoms with van der Waals surface area (Å²) < 4.78 is 1.85. The summed E-state index contributed by atoms with van der Waals surface area (Å²) in [5.41, 5.74) is 3.95. The molecule has 1 heterocycles. The van der Waals surface area contributed by atoms with Gasteiger partial charge in [-0.1, -0.05) is 31.2 Å². The highest BCUT2D eigenvalue weighted by Gasteiger charge is 2.07. The second kappa shape index (κ2) is 5.79. The zero-order chi connectivity index (χ0) is 14.7. The highest BCUT2D eigenvalue weighted by atomic mass is 16.1. The van der Waals surface area contributed by atoms with E-state index in [9.17, 15) is 4.79 Å². The van der Waals surface area contributed by atoms with Gasteiger partial charge in [-0.3, -0.25) is 4.79 Å². The van der Waals surface area contributed by atoms with E-state index in [1.54, 1.807) is 6.33 Å². The summed E-state index contributed by atoms with van der Waals surface area (Å²) in [6.07, 6.45) is 2.69. The van der Waals surface area contributed by atoms with E-state index in [0.717, 1.165) is 23.1 Å². The quantitative estimate of drug-likeness (QED) is 0.797. The number of carbonyl (C=O) groups is 1. The maximum absolute atomic E-state index is 12.1. The molecule has 3 rings (SSSR count). The van der Waals surface area contributed by atoms with Crippen LogP contribution in [-0.2, 0) is 17.8 Å². The van der Waals surface area contributed by atoms with Crippen molar-refractivity contribution in [2.24, 2.45) is 0 Å². The Kier molecular flexibility index (Phi) is 3.69. The molecule has 0 saturated heterocycles. The smallest absolute Gasteiger partial charge is 0.244 e. The first kappa shape index (κ1) is 13.4. The fourth-order valence-corrected chi connectivity index (χ4v) is 2.32. The van der Waals surface area contributed by atoms with Gasteiger partial charge >= 0.3 is 0 Å². The molecule has 0 atom stereocenters. The maximum atomic E-state index is 12.1. The van der Waals surface area contributed by atoms with Gasteiger partial charge in [0.15, 0.2) is 0 Å². The fourth-order valence-electron chi connectivity index (χ4n) is 2.32. The highest BCUT2D eigenvalue weighted by molar-refractivity contribution is 5.91. The number of benzene rings is 2. The van der Waals surface area contributed by atoms with Crippen molar-refractivity contribution in [2.75, 3.05) is 5.32 Å². The van der Waals surface area contributed by atoms with Crippen LogP contribution in [0.1, 0.15) is 12.5 Å². The lowest BCUT2D eigenvalue weighted by atomic mass is 10.1. The van der Waals surface area contributed by atoms with E-state index >= 15 is 0 Å². The van der Waals surface area contributed by atoms with Gasteiger partial charge in [0, 0.05) is 5.69 Å². The second-order valence-corrected chi connectivity index (χ2v) is 4.96. The number of hydrogen-bond donors (Lipinski definition) is 1. The molecule has 0 fully saturated rings. The number of para-hydroxylation sites is 2. The standard InChI is InChI=1S/C17H17N3O/c1-2-13-7-9-14(10-8-13)19-17(21)11-20-12-18-15-5-3-4-6-16(15)20/h3-10,12H,2,11H2,1H3,(H,19,21). The molecule has 1 amide bonds. The van der Waals surface area contributed by atoms with Gasteiger partial charge in [-0.25, -0.2) is 4.98 Å². The third kappa shape index (κ3) is 2.94. The van der Waals surface area contributed by atoms with Gasteiger partial charge in [-0.2, -0.15) is 0 Å². The van der Waals surface area contributed by atoms with Crippen LogP contribution in [0.5, 0.6) is 0 Å². The van der Waals surface area contributed by atoms with Crippen LogP contribution in [0.15, 0.2) is 54.9 Å². The topological polar surface area (TPSA) is 46.9 Å². The first-order valence-electron chi connectivity index (χ1n) is 7.05. The normalized spacial score (nSPS) is 10.7. The van der Waals surface area contributed by atoms with Gasteiger partial charge < -0.3 is 9.88 Å². The Balaban J connectivity index is 1.71. The lowest BCUT2D eigenvalue weighted by Gasteiger charge is -2.07. The largest absolute Gasteiger partial charge is 0.325 e.